The molecule has 5 aromatic rings. The third kappa shape index (κ3) is 7.76. The summed E-state index contributed by atoms with van der Waals surface area (Å²) < 4.78 is 0. The average Bonchev–Trinajstić information content (AvgIpc) is 3.26. The summed E-state index contributed by atoms with van der Waals surface area (Å²) in [5.74, 6) is -3.99. The number of hydrogen-bond acceptors (Lipinski definition) is 12. The maximum absolute atomic E-state index is 14.1. The van der Waals surface area contributed by atoms with E-state index in [0.29, 0.717) is 29.2 Å². The van der Waals surface area contributed by atoms with E-state index in [-0.39, 0.29) is 82.0 Å². The van der Waals surface area contributed by atoms with Crippen LogP contribution in [0.2, 0.25) is 0 Å². The van der Waals surface area contributed by atoms with E-state index in [0.717, 1.165) is 48.2 Å². The monoisotopic (exact) mass is 826 g/mol. The molecule has 18 heteroatoms. The van der Waals surface area contributed by atoms with Gasteiger partial charge in [-0.2, -0.15) is 0 Å². The van der Waals surface area contributed by atoms with Crippen LogP contribution in [0.25, 0.3) is 21.5 Å². The zero-order valence-corrected chi connectivity index (χ0v) is 32.6. The predicted molar refractivity (Wildman–Crippen MR) is 222 cm³/mol. The van der Waals surface area contributed by atoms with E-state index in [1.807, 2.05) is 0 Å². The van der Waals surface area contributed by atoms with Crippen LogP contribution >= 0.6 is 0 Å². The van der Waals surface area contributed by atoms with Crippen molar-refractivity contribution in [2.45, 2.75) is 19.3 Å². The van der Waals surface area contributed by atoms with Crippen LogP contribution in [0.3, 0.4) is 0 Å². The Morgan fingerprint density at radius 3 is 1.69 bits per heavy atom. The maximum Gasteiger partial charge on any atom is 0.270 e. The van der Waals surface area contributed by atoms with Crippen LogP contribution in [0.4, 0.5) is 17.1 Å². The van der Waals surface area contributed by atoms with E-state index in [2.05, 4.69) is 20.9 Å². The van der Waals surface area contributed by atoms with E-state index in [1.54, 1.807) is 30.3 Å². The topological polar surface area (TPSA) is 235 Å². The Morgan fingerprint density at radius 2 is 1.10 bits per heavy atom. The summed E-state index contributed by atoms with van der Waals surface area (Å²) in [4.78, 5) is 108. The molecule has 8 rings (SSSR count). The van der Waals surface area contributed by atoms with E-state index in [9.17, 15) is 49.0 Å². The summed E-state index contributed by atoms with van der Waals surface area (Å²) in [5.41, 5.74) is -0.410. The number of nitro benzene ring substituents is 2. The highest BCUT2D eigenvalue weighted by molar-refractivity contribution is 6.36. The second-order valence-electron chi connectivity index (χ2n) is 14.9. The SMILES string of the molecule is O=C(NCCNCCN1C(=O)c2cccc3cc([N+](=O)[O-])cc(c23)C1=O)c1cc(C(=O)NCCN2CCCCC2)cc(N2C(=O)c3cccc4cc([N+](=O)[O-])cc(c34)C2=O)c1. The van der Waals surface area contributed by atoms with Crippen LogP contribution < -0.4 is 20.9 Å². The van der Waals surface area contributed by atoms with Crippen LogP contribution in [0.1, 0.15) is 81.4 Å². The number of nitro groups is 2. The van der Waals surface area contributed by atoms with Crippen molar-refractivity contribution in [1.82, 2.24) is 25.8 Å². The summed E-state index contributed by atoms with van der Waals surface area (Å²) in [7, 11) is 0. The summed E-state index contributed by atoms with van der Waals surface area (Å²) in [6.07, 6.45) is 3.29. The molecule has 3 N–H and O–H groups in total. The molecule has 0 aromatic heterocycles. The number of nitrogens with one attached hydrogen (secondary N) is 3. The van der Waals surface area contributed by atoms with Gasteiger partial charge in [-0.25, -0.2) is 4.90 Å². The Hall–Kier alpha value is -7.44. The fraction of sp³-hybridized carbons (Fsp3) is 0.256. The molecule has 0 spiro atoms. The van der Waals surface area contributed by atoms with Crippen LogP contribution in [-0.2, 0) is 0 Å². The first-order valence-corrected chi connectivity index (χ1v) is 19.7. The van der Waals surface area contributed by atoms with Gasteiger partial charge in [0.05, 0.1) is 26.7 Å². The highest BCUT2D eigenvalue weighted by Gasteiger charge is 2.37. The minimum atomic E-state index is -0.861. The molecule has 6 amide bonds. The Balaban J connectivity index is 0.973. The highest BCUT2D eigenvalue weighted by atomic mass is 16.6. The molecular formula is C43H38N8O10. The van der Waals surface area contributed by atoms with Crippen molar-refractivity contribution in [2.75, 3.05) is 57.3 Å². The first-order valence-electron chi connectivity index (χ1n) is 19.7. The lowest BCUT2D eigenvalue weighted by Crippen LogP contribution is -2.44. The van der Waals surface area contributed by atoms with Gasteiger partial charge in [0.25, 0.3) is 46.8 Å². The molecule has 0 aliphatic carbocycles. The third-order valence-electron chi connectivity index (χ3n) is 11.1. The molecule has 0 atom stereocenters. The van der Waals surface area contributed by atoms with Gasteiger partial charge in [0, 0.05) is 96.6 Å². The zero-order valence-electron chi connectivity index (χ0n) is 32.6. The largest absolute Gasteiger partial charge is 0.351 e. The summed E-state index contributed by atoms with van der Waals surface area (Å²) in [6, 6.07) is 18.2. The molecular weight excluding hydrogens is 789 g/mol. The molecule has 18 nitrogen and oxygen atoms in total. The van der Waals surface area contributed by atoms with Crippen LogP contribution in [0.5, 0.6) is 0 Å². The number of rotatable bonds is 14. The fourth-order valence-corrected chi connectivity index (χ4v) is 8.18. The molecule has 1 fully saturated rings. The normalized spacial score (nSPS) is 15.1. The van der Waals surface area contributed by atoms with Crippen molar-refractivity contribution in [3.63, 3.8) is 0 Å². The van der Waals surface area contributed by atoms with Crippen LogP contribution in [-0.4, -0.2) is 107 Å². The number of imide groups is 2. The second-order valence-corrected chi connectivity index (χ2v) is 14.9. The highest BCUT2D eigenvalue weighted by Crippen LogP contribution is 2.37. The van der Waals surface area contributed by atoms with E-state index in [4.69, 9.17) is 0 Å². The molecule has 1 saturated heterocycles. The first kappa shape index (κ1) is 40.3. The smallest absolute Gasteiger partial charge is 0.270 e. The number of hydrogen-bond donors (Lipinski definition) is 3. The quantitative estimate of drug-likeness (QED) is 0.0610. The summed E-state index contributed by atoms with van der Waals surface area (Å²) >= 11 is 0. The van der Waals surface area contributed by atoms with Gasteiger partial charge in [-0.3, -0.25) is 53.9 Å². The van der Waals surface area contributed by atoms with E-state index in [1.165, 1.54) is 42.5 Å². The van der Waals surface area contributed by atoms with Crippen molar-refractivity contribution in [1.29, 1.82) is 0 Å². The molecule has 61 heavy (non-hydrogen) atoms. The average molecular weight is 827 g/mol. The lowest BCUT2D eigenvalue weighted by atomic mass is 9.92. The summed E-state index contributed by atoms with van der Waals surface area (Å²) in [6.45, 7) is 3.03. The number of piperidine rings is 1. The van der Waals surface area contributed by atoms with Crippen molar-refractivity contribution in [2.24, 2.45) is 0 Å². The maximum atomic E-state index is 14.1. The lowest BCUT2D eigenvalue weighted by Gasteiger charge is -2.28. The molecule has 0 unspecified atom stereocenters. The number of benzene rings is 5. The number of non-ortho nitro benzene ring substituents is 2. The van der Waals surface area contributed by atoms with Crippen molar-refractivity contribution in [3.05, 3.63) is 132 Å². The van der Waals surface area contributed by atoms with Gasteiger partial charge < -0.3 is 20.9 Å². The Kier molecular flexibility index (Phi) is 11.0. The minimum absolute atomic E-state index is 0.00142. The van der Waals surface area contributed by atoms with Crippen molar-refractivity contribution < 1.29 is 38.6 Å². The number of likely N-dealkylation sites (tertiary alicyclic amines) is 1. The van der Waals surface area contributed by atoms with Gasteiger partial charge >= 0.3 is 0 Å². The molecule has 3 heterocycles. The van der Waals surface area contributed by atoms with Crippen molar-refractivity contribution in [3.8, 4) is 0 Å². The number of amides is 6. The first-order chi connectivity index (χ1) is 29.4. The van der Waals surface area contributed by atoms with Gasteiger partial charge in [-0.05, 0) is 67.0 Å². The molecule has 3 aliphatic rings. The van der Waals surface area contributed by atoms with Gasteiger partial charge in [0.1, 0.15) is 0 Å². The van der Waals surface area contributed by atoms with Crippen LogP contribution in [0.15, 0.2) is 78.9 Å². The molecule has 3 aliphatic heterocycles. The Bertz CT molecular complexity index is 2730. The lowest BCUT2D eigenvalue weighted by molar-refractivity contribution is -0.384. The molecule has 5 aromatic carbocycles. The molecule has 0 saturated carbocycles. The molecule has 0 radical (unpaired) electrons. The summed E-state index contributed by atoms with van der Waals surface area (Å²) in [5, 5.41) is 33.3. The van der Waals surface area contributed by atoms with Crippen molar-refractivity contribution >= 4 is 74.1 Å². The van der Waals surface area contributed by atoms with E-state index < -0.39 is 45.3 Å². The van der Waals surface area contributed by atoms with Gasteiger partial charge in [0.2, 0.25) is 0 Å². The minimum Gasteiger partial charge on any atom is -0.351 e. The molecule has 310 valence electrons. The molecule has 0 bridgehead atoms. The van der Waals surface area contributed by atoms with Gasteiger partial charge in [-0.15, -0.1) is 0 Å². The number of nitrogens with zero attached hydrogens (tertiary/aromatic N) is 5. The number of carbonyl (C=O) groups is 6. The third-order valence-corrected chi connectivity index (χ3v) is 11.1. The van der Waals surface area contributed by atoms with Gasteiger partial charge in [-0.1, -0.05) is 30.7 Å². The Morgan fingerprint density at radius 1 is 0.574 bits per heavy atom. The zero-order chi connectivity index (χ0) is 42.9. The standard InChI is InChI=1S/C43H38N8O10/c52-38(45-11-10-44-12-17-48-40(54)32-8-4-6-25-19-30(50(58)59)23-34(36(25)32)41(48)55)27-18-28(39(53)46-13-16-47-14-2-1-3-15-47)22-29(21-27)49-42(56)33-9-5-7-26-20-31(51(60)61)24-35(37(26)33)43(49)57/h4-9,18-24,44H,1-3,10-17H2,(H,45,52)(H,46,53). The fourth-order valence-electron chi connectivity index (χ4n) is 8.18. The van der Waals surface area contributed by atoms with Crippen LogP contribution in [0, 0.1) is 20.2 Å². The number of anilines is 1. The second kappa shape index (κ2) is 16.7. The Labute approximate surface area is 346 Å². The predicted octanol–water partition coefficient (Wildman–Crippen LogP) is 4.44. The number of carbonyl (C=O) groups excluding carboxylic acids is 6. The van der Waals surface area contributed by atoms with Gasteiger partial charge in [0.15, 0.2) is 0 Å². The van der Waals surface area contributed by atoms with E-state index >= 15 is 0 Å².